The molecule has 0 atom stereocenters. The minimum atomic E-state index is -0.621. The molecule has 3 aromatic heterocycles. The lowest BCUT2D eigenvalue weighted by molar-refractivity contribution is 0.471. The van der Waals surface area contributed by atoms with E-state index in [0.717, 1.165) is 5.69 Å². The molecule has 0 spiro atoms. The molecule has 0 aliphatic carbocycles. The van der Waals surface area contributed by atoms with Crippen molar-refractivity contribution in [1.29, 1.82) is 0 Å². The number of nitrogens with zero attached hydrogens (tertiary/aromatic N) is 2. The fraction of sp³-hybridized carbons (Fsp3) is 0.238. The summed E-state index contributed by atoms with van der Waals surface area (Å²) in [5.74, 6) is 0.522. The second kappa shape index (κ2) is 5.87. The number of rotatable bonds is 2. The van der Waals surface area contributed by atoms with E-state index in [4.69, 9.17) is 4.42 Å². The Morgan fingerprint density at radius 1 is 1.11 bits per heavy atom. The number of fused-ring (bicyclic) bond motifs is 2. The fourth-order valence-electron chi connectivity index (χ4n) is 3.24. The zero-order valence-electron chi connectivity index (χ0n) is 15.7. The quantitative estimate of drug-likeness (QED) is 0.518. The molecule has 3 heterocycles. The predicted molar refractivity (Wildman–Crippen MR) is 106 cm³/mol. The number of nitrogens with one attached hydrogen (secondary N) is 1. The van der Waals surface area contributed by atoms with Gasteiger partial charge in [-0.1, -0.05) is 18.2 Å². The van der Waals surface area contributed by atoms with Crippen LogP contribution in [0.3, 0.4) is 0 Å². The maximum absolute atomic E-state index is 12.7. The van der Waals surface area contributed by atoms with E-state index in [1.165, 1.54) is 0 Å². The van der Waals surface area contributed by atoms with Gasteiger partial charge in [0.25, 0.3) is 0 Å². The number of imidazole rings is 1. The highest BCUT2D eigenvalue weighted by atomic mass is 16.4. The van der Waals surface area contributed by atoms with Gasteiger partial charge in [-0.25, -0.2) is 9.78 Å². The smallest absolute Gasteiger partial charge is 0.349 e. The van der Waals surface area contributed by atoms with Crippen LogP contribution in [0.25, 0.3) is 27.9 Å². The van der Waals surface area contributed by atoms with Crippen molar-refractivity contribution in [2.45, 2.75) is 33.2 Å². The van der Waals surface area contributed by atoms with Crippen LogP contribution in [0.1, 0.15) is 26.5 Å². The first kappa shape index (κ1) is 17.1. The van der Waals surface area contributed by atoms with Crippen LogP contribution >= 0.6 is 0 Å². The molecule has 0 radical (unpaired) electrons. The van der Waals surface area contributed by atoms with Gasteiger partial charge in [0.2, 0.25) is 0 Å². The lowest BCUT2D eigenvalue weighted by Crippen LogP contribution is -2.27. The first-order valence-electron chi connectivity index (χ1n) is 8.78. The summed E-state index contributed by atoms with van der Waals surface area (Å²) in [6.45, 7) is 8.04. The van der Waals surface area contributed by atoms with Gasteiger partial charge in [-0.2, -0.15) is 0 Å². The van der Waals surface area contributed by atoms with Gasteiger partial charge in [0.05, 0.1) is 5.39 Å². The third-order valence-corrected chi connectivity index (χ3v) is 4.35. The molecule has 0 saturated heterocycles. The summed E-state index contributed by atoms with van der Waals surface area (Å²) >= 11 is 0. The second-order valence-corrected chi connectivity index (χ2v) is 7.65. The molecule has 2 N–H and O–H groups in total. The van der Waals surface area contributed by atoms with Gasteiger partial charge in [0.15, 0.2) is 0 Å². The Balaban J connectivity index is 2.11. The van der Waals surface area contributed by atoms with Crippen LogP contribution < -0.4 is 10.9 Å². The third kappa shape index (κ3) is 2.83. The highest BCUT2D eigenvalue weighted by Gasteiger charge is 2.26. The van der Waals surface area contributed by atoms with Crippen molar-refractivity contribution in [2.24, 2.45) is 0 Å². The number of benzene rings is 1. The van der Waals surface area contributed by atoms with Gasteiger partial charge in [0.1, 0.15) is 34.1 Å². The van der Waals surface area contributed by atoms with E-state index in [0.29, 0.717) is 28.1 Å². The molecule has 0 bridgehead atoms. The van der Waals surface area contributed by atoms with Crippen molar-refractivity contribution in [1.82, 2.24) is 9.38 Å². The predicted octanol–water partition coefficient (Wildman–Crippen LogP) is 4.33. The molecule has 0 fully saturated rings. The maximum Gasteiger partial charge on any atom is 0.349 e. The van der Waals surface area contributed by atoms with E-state index < -0.39 is 5.63 Å². The van der Waals surface area contributed by atoms with Crippen molar-refractivity contribution in [3.8, 4) is 17.0 Å². The molecule has 138 valence electrons. The van der Waals surface area contributed by atoms with Crippen molar-refractivity contribution in [3.63, 3.8) is 0 Å². The lowest BCUT2D eigenvalue weighted by atomic mass is 10.1. The Labute approximate surface area is 156 Å². The zero-order chi connectivity index (χ0) is 19.3. The molecule has 0 saturated carbocycles. The molecule has 0 aliphatic heterocycles. The summed E-state index contributed by atoms with van der Waals surface area (Å²) in [4.78, 5) is 17.4. The molecule has 4 aromatic rings. The Bertz CT molecular complexity index is 1230. The average Bonchev–Trinajstić information content (AvgIpc) is 2.93. The monoisotopic (exact) mass is 363 g/mol. The van der Waals surface area contributed by atoms with E-state index in [2.05, 4.69) is 10.3 Å². The SMILES string of the molecule is Cc1cccc2nc(-c3c(O)c4ccccc4oc3=O)c(NC(C)(C)C)n12. The molecule has 0 unspecified atom stereocenters. The Hall–Kier alpha value is -3.28. The van der Waals surface area contributed by atoms with E-state index in [9.17, 15) is 9.90 Å². The van der Waals surface area contributed by atoms with Crippen LogP contribution in [0, 0.1) is 6.92 Å². The topological polar surface area (TPSA) is 79.8 Å². The van der Waals surface area contributed by atoms with E-state index in [-0.39, 0.29) is 16.9 Å². The molecule has 1 aromatic carbocycles. The van der Waals surface area contributed by atoms with Crippen molar-refractivity contribution in [2.75, 3.05) is 5.32 Å². The molecule has 6 nitrogen and oxygen atoms in total. The van der Waals surface area contributed by atoms with Gasteiger partial charge in [-0.15, -0.1) is 0 Å². The van der Waals surface area contributed by atoms with E-state index in [1.54, 1.807) is 24.3 Å². The minimum absolute atomic E-state index is 0.0588. The number of hydrogen-bond donors (Lipinski definition) is 2. The standard InChI is InChI=1S/C21H21N3O3/c1-12-8-7-11-15-22-17(19(24(12)15)23-21(2,3)4)16-18(25)13-9-5-6-10-14(13)27-20(16)26/h5-11,23,25H,1-4H3. The number of pyridine rings is 1. The second-order valence-electron chi connectivity index (χ2n) is 7.65. The average molecular weight is 363 g/mol. The van der Waals surface area contributed by atoms with Crippen molar-refractivity contribution < 1.29 is 9.52 Å². The number of aryl methyl sites for hydroxylation is 1. The summed E-state index contributed by atoms with van der Waals surface area (Å²) in [5.41, 5.74) is 1.52. The van der Waals surface area contributed by atoms with Gasteiger partial charge >= 0.3 is 5.63 Å². The van der Waals surface area contributed by atoms with E-state index in [1.807, 2.05) is 50.3 Å². The fourth-order valence-corrected chi connectivity index (χ4v) is 3.24. The van der Waals surface area contributed by atoms with Gasteiger partial charge in [-0.05, 0) is 52.0 Å². The first-order valence-corrected chi connectivity index (χ1v) is 8.78. The molecule has 4 rings (SSSR count). The number of para-hydroxylation sites is 1. The molecule has 0 aliphatic rings. The zero-order valence-corrected chi connectivity index (χ0v) is 15.7. The van der Waals surface area contributed by atoms with E-state index >= 15 is 0 Å². The van der Waals surface area contributed by atoms with Crippen LogP contribution in [-0.2, 0) is 0 Å². The van der Waals surface area contributed by atoms with Gasteiger partial charge in [-0.3, -0.25) is 4.40 Å². The highest BCUT2D eigenvalue weighted by molar-refractivity contribution is 5.92. The van der Waals surface area contributed by atoms with Crippen LogP contribution in [0.4, 0.5) is 5.82 Å². The summed E-state index contributed by atoms with van der Waals surface area (Å²) in [5, 5.41) is 14.8. The Kier molecular flexibility index (Phi) is 3.73. The summed E-state index contributed by atoms with van der Waals surface area (Å²) in [6, 6.07) is 12.7. The summed E-state index contributed by atoms with van der Waals surface area (Å²) < 4.78 is 7.39. The lowest BCUT2D eigenvalue weighted by Gasteiger charge is -2.23. The molecular formula is C21H21N3O3. The number of aromatic nitrogens is 2. The number of anilines is 1. The number of aromatic hydroxyl groups is 1. The van der Waals surface area contributed by atoms with Crippen LogP contribution in [-0.4, -0.2) is 20.0 Å². The minimum Gasteiger partial charge on any atom is -0.506 e. The normalized spacial score (nSPS) is 12.0. The van der Waals surface area contributed by atoms with Crippen LogP contribution in [0.2, 0.25) is 0 Å². The Morgan fingerprint density at radius 3 is 2.59 bits per heavy atom. The molecular weight excluding hydrogens is 342 g/mol. The largest absolute Gasteiger partial charge is 0.506 e. The van der Waals surface area contributed by atoms with Crippen LogP contribution in [0.5, 0.6) is 5.75 Å². The number of hydrogen-bond acceptors (Lipinski definition) is 5. The maximum atomic E-state index is 12.7. The molecule has 27 heavy (non-hydrogen) atoms. The first-order chi connectivity index (χ1) is 12.8. The van der Waals surface area contributed by atoms with Gasteiger partial charge < -0.3 is 14.8 Å². The third-order valence-electron chi connectivity index (χ3n) is 4.35. The molecule has 0 amide bonds. The van der Waals surface area contributed by atoms with Crippen molar-refractivity contribution in [3.05, 3.63) is 58.6 Å². The Morgan fingerprint density at radius 2 is 1.85 bits per heavy atom. The highest BCUT2D eigenvalue weighted by Crippen LogP contribution is 2.37. The summed E-state index contributed by atoms with van der Waals surface area (Å²) in [7, 11) is 0. The van der Waals surface area contributed by atoms with Gasteiger partial charge in [0, 0.05) is 11.2 Å². The molecule has 6 heteroatoms. The summed E-state index contributed by atoms with van der Waals surface area (Å²) in [6.07, 6.45) is 0. The van der Waals surface area contributed by atoms with Crippen LogP contribution in [0.15, 0.2) is 51.7 Å². The van der Waals surface area contributed by atoms with Crippen molar-refractivity contribution >= 4 is 22.4 Å².